The highest BCUT2D eigenvalue weighted by atomic mass is 19.1. The third-order valence-electron chi connectivity index (χ3n) is 5.71. The lowest BCUT2D eigenvalue weighted by molar-refractivity contribution is -0.122. The lowest BCUT2D eigenvalue weighted by atomic mass is 9.97. The van der Waals surface area contributed by atoms with Crippen LogP contribution in [0.25, 0.3) is 10.9 Å². The maximum Gasteiger partial charge on any atom is 0.269 e. The molecule has 3 amide bonds. The topological polar surface area (TPSA) is 94.3 Å². The Labute approximate surface area is 188 Å². The van der Waals surface area contributed by atoms with Gasteiger partial charge in [-0.15, -0.1) is 0 Å². The van der Waals surface area contributed by atoms with Crippen molar-refractivity contribution in [3.8, 4) is 0 Å². The highest BCUT2D eigenvalue weighted by Crippen LogP contribution is 2.40. The number of para-hydroxylation sites is 1. The zero-order valence-electron chi connectivity index (χ0n) is 17.3. The van der Waals surface area contributed by atoms with E-state index in [9.17, 15) is 18.8 Å². The van der Waals surface area contributed by atoms with Crippen molar-refractivity contribution >= 4 is 28.6 Å². The predicted octanol–water partition coefficient (Wildman–Crippen LogP) is 3.31. The van der Waals surface area contributed by atoms with Crippen LogP contribution in [0.4, 0.5) is 4.39 Å². The zero-order valence-corrected chi connectivity index (χ0v) is 17.3. The first-order chi connectivity index (χ1) is 16.0. The van der Waals surface area contributed by atoms with Crippen LogP contribution >= 0.6 is 0 Å². The number of hydrazine groups is 1. The second-order valence-corrected chi connectivity index (χ2v) is 7.72. The van der Waals surface area contributed by atoms with E-state index in [1.807, 2.05) is 42.6 Å². The molecule has 164 valence electrons. The fourth-order valence-corrected chi connectivity index (χ4v) is 4.18. The summed E-state index contributed by atoms with van der Waals surface area (Å²) in [6.45, 7) is -0.263. The first-order valence-corrected chi connectivity index (χ1v) is 10.3. The molecule has 0 bridgehead atoms. The monoisotopic (exact) mass is 442 g/mol. The average molecular weight is 442 g/mol. The normalized spacial score (nSPS) is 14.9. The van der Waals surface area contributed by atoms with Crippen molar-refractivity contribution in [1.29, 1.82) is 0 Å². The molecule has 0 saturated carbocycles. The minimum Gasteiger partial charge on any atom is -0.361 e. The quantitative estimate of drug-likeness (QED) is 0.423. The fraction of sp³-hybridized carbons (Fsp3) is 0.0800. The number of aromatic amines is 1. The van der Waals surface area contributed by atoms with Crippen LogP contribution in [0.3, 0.4) is 0 Å². The van der Waals surface area contributed by atoms with Gasteiger partial charge in [0.1, 0.15) is 12.4 Å². The lowest BCUT2D eigenvalue weighted by Gasteiger charge is -2.25. The van der Waals surface area contributed by atoms with Gasteiger partial charge in [0.15, 0.2) is 0 Å². The maximum absolute atomic E-state index is 13.2. The standard InChI is InChI=1S/C25H19FN4O3/c26-16-11-9-15(10-12-16)24(32)29-28-22(31)14-30-23(18-6-1-2-7-19(18)25(30)33)20-13-27-21-8-4-3-5-17(20)21/h1-13,23,27H,14H2,(H,28,31)(H,29,32). The van der Waals surface area contributed by atoms with E-state index in [4.69, 9.17) is 0 Å². The van der Waals surface area contributed by atoms with Crippen molar-refractivity contribution in [2.75, 3.05) is 6.54 Å². The Bertz CT molecular complexity index is 1380. The minimum absolute atomic E-state index is 0.193. The molecule has 1 aliphatic rings. The van der Waals surface area contributed by atoms with Crippen LogP contribution in [0.5, 0.6) is 0 Å². The molecule has 5 rings (SSSR count). The SMILES string of the molecule is O=C(CN1C(=O)c2ccccc2C1c1c[nH]c2ccccc12)NNC(=O)c1ccc(F)cc1. The van der Waals surface area contributed by atoms with Gasteiger partial charge in [-0.1, -0.05) is 36.4 Å². The Morgan fingerprint density at radius 3 is 2.45 bits per heavy atom. The number of hydrogen-bond donors (Lipinski definition) is 3. The van der Waals surface area contributed by atoms with Crippen LogP contribution in [0.2, 0.25) is 0 Å². The molecule has 8 heteroatoms. The van der Waals surface area contributed by atoms with Gasteiger partial charge in [0.05, 0.1) is 6.04 Å². The van der Waals surface area contributed by atoms with E-state index in [1.165, 1.54) is 17.0 Å². The summed E-state index contributed by atoms with van der Waals surface area (Å²) in [5, 5.41) is 0.960. The number of nitrogens with one attached hydrogen (secondary N) is 3. The number of nitrogens with zero attached hydrogens (tertiary/aromatic N) is 1. The molecule has 7 nitrogen and oxygen atoms in total. The summed E-state index contributed by atoms with van der Waals surface area (Å²) in [4.78, 5) is 42.8. The van der Waals surface area contributed by atoms with Gasteiger partial charge < -0.3 is 9.88 Å². The molecule has 1 unspecified atom stereocenters. The number of H-pyrrole nitrogens is 1. The zero-order chi connectivity index (χ0) is 22.9. The molecular formula is C25H19FN4O3. The number of benzene rings is 3. The van der Waals surface area contributed by atoms with Crippen LogP contribution in [-0.2, 0) is 4.79 Å². The second-order valence-electron chi connectivity index (χ2n) is 7.72. The molecule has 33 heavy (non-hydrogen) atoms. The summed E-state index contributed by atoms with van der Waals surface area (Å²) in [6, 6.07) is 19.5. The number of carbonyl (C=O) groups is 3. The van der Waals surface area contributed by atoms with Gasteiger partial charge in [-0.05, 0) is 42.0 Å². The number of amides is 3. The highest BCUT2D eigenvalue weighted by molar-refractivity contribution is 6.03. The Morgan fingerprint density at radius 2 is 1.64 bits per heavy atom. The Kier molecular flexibility index (Phi) is 5.10. The van der Waals surface area contributed by atoms with Crippen molar-refractivity contribution in [3.05, 3.63) is 107 Å². The Morgan fingerprint density at radius 1 is 0.909 bits per heavy atom. The van der Waals surface area contributed by atoms with Crippen LogP contribution in [0, 0.1) is 5.82 Å². The number of aromatic nitrogens is 1. The smallest absolute Gasteiger partial charge is 0.269 e. The molecule has 2 heterocycles. The van der Waals surface area contributed by atoms with E-state index in [-0.39, 0.29) is 18.0 Å². The molecule has 0 fully saturated rings. The van der Waals surface area contributed by atoms with E-state index in [0.29, 0.717) is 5.56 Å². The van der Waals surface area contributed by atoms with E-state index < -0.39 is 23.7 Å². The summed E-state index contributed by atoms with van der Waals surface area (Å²) in [5.74, 6) is -1.88. The number of halogens is 1. The van der Waals surface area contributed by atoms with Gasteiger partial charge in [0, 0.05) is 33.8 Å². The largest absolute Gasteiger partial charge is 0.361 e. The minimum atomic E-state index is -0.590. The first kappa shape index (κ1) is 20.4. The summed E-state index contributed by atoms with van der Waals surface area (Å²) in [5.41, 5.74) is 8.00. The first-order valence-electron chi connectivity index (χ1n) is 10.3. The molecule has 0 aliphatic carbocycles. The number of hydrogen-bond acceptors (Lipinski definition) is 3. The molecular weight excluding hydrogens is 423 g/mol. The van der Waals surface area contributed by atoms with Crippen LogP contribution in [-0.4, -0.2) is 34.2 Å². The molecule has 1 atom stereocenters. The molecule has 1 aliphatic heterocycles. The van der Waals surface area contributed by atoms with E-state index in [2.05, 4.69) is 15.8 Å². The Hall–Kier alpha value is -4.46. The summed E-state index contributed by atoms with van der Waals surface area (Å²) in [7, 11) is 0. The van der Waals surface area contributed by atoms with Gasteiger partial charge in [-0.2, -0.15) is 0 Å². The van der Waals surface area contributed by atoms with Gasteiger partial charge >= 0.3 is 0 Å². The molecule has 1 aromatic heterocycles. The van der Waals surface area contributed by atoms with Crippen molar-refractivity contribution in [2.45, 2.75) is 6.04 Å². The molecule has 0 saturated heterocycles. The van der Waals surface area contributed by atoms with Crippen molar-refractivity contribution in [3.63, 3.8) is 0 Å². The molecule has 3 aromatic carbocycles. The molecule has 0 radical (unpaired) electrons. The molecule has 4 aromatic rings. The van der Waals surface area contributed by atoms with Gasteiger partial charge in [-0.25, -0.2) is 4.39 Å². The van der Waals surface area contributed by atoms with Crippen molar-refractivity contribution in [1.82, 2.24) is 20.7 Å². The number of carbonyl (C=O) groups excluding carboxylic acids is 3. The third-order valence-corrected chi connectivity index (χ3v) is 5.71. The van der Waals surface area contributed by atoms with E-state index in [0.717, 1.165) is 34.2 Å². The second kappa shape index (κ2) is 8.23. The maximum atomic E-state index is 13.2. The fourth-order valence-electron chi connectivity index (χ4n) is 4.18. The van der Waals surface area contributed by atoms with Gasteiger partial charge in [0.25, 0.3) is 17.7 Å². The van der Waals surface area contributed by atoms with Crippen LogP contribution in [0.1, 0.15) is 37.9 Å². The average Bonchev–Trinajstić information content (AvgIpc) is 3.37. The van der Waals surface area contributed by atoms with Gasteiger partial charge in [0.2, 0.25) is 0 Å². The van der Waals surface area contributed by atoms with E-state index >= 15 is 0 Å². The van der Waals surface area contributed by atoms with Crippen LogP contribution in [0.15, 0.2) is 79.0 Å². The molecule has 0 spiro atoms. The lowest BCUT2D eigenvalue weighted by Crippen LogP contribution is -2.47. The van der Waals surface area contributed by atoms with E-state index in [1.54, 1.807) is 12.1 Å². The highest BCUT2D eigenvalue weighted by Gasteiger charge is 2.39. The summed E-state index contributed by atoms with van der Waals surface area (Å²) in [6.07, 6.45) is 1.85. The van der Waals surface area contributed by atoms with Crippen molar-refractivity contribution < 1.29 is 18.8 Å². The Balaban J connectivity index is 1.38. The predicted molar refractivity (Wildman–Crippen MR) is 120 cm³/mol. The number of fused-ring (bicyclic) bond motifs is 2. The summed E-state index contributed by atoms with van der Waals surface area (Å²) >= 11 is 0. The molecule has 3 N–H and O–H groups in total. The van der Waals surface area contributed by atoms with Crippen molar-refractivity contribution in [2.24, 2.45) is 0 Å². The summed E-state index contributed by atoms with van der Waals surface area (Å²) < 4.78 is 13.1. The third kappa shape index (κ3) is 3.71. The van der Waals surface area contributed by atoms with Gasteiger partial charge in [-0.3, -0.25) is 25.2 Å². The van der Waals surface area contributed by atoms with Crippen LogP contribution < -0.4 is 10.9 Å². The number of rotatable bonds is 4.